The predicted molar refractivity (Wildman–Crippen MR) is 107 cm³/mol. The van der Waals surface area contributed by atoms with Gasteiger partial charge < -0.3 is 20.1 Å². The van der Waals surface area contributed by atoms with E-state index in [1.807, 2.05) is 36.4 Å². The van der Waals surface area contributed by atoms with E-state index >= 15 is 0 Å². The summed E-state index contributed by atoms with van der Waals surface area (Å²) in [5.41, 5.74) is 1.34. The van der Waals surface area contributed by atoms with Crippen molar-refractivity contribution in [3.8, 4) is 5.75 Å². The third-order valence-corrected chi connectivity index (χ3v) is 6.33. The molecule has 0 aliphatic heterocycles. The lowest BCUT2D eigenvalue weighted by Crippen LogP contribution is -2.51. The van der Waals surface area contributed by atoms with Gasteiger partial charge in [-0.25, -0.2) is 0 Å². The van der Waals surface area contributed by atoms with E-state index in [0.29, 0.717) is 12.3 Å². The maximum atomic E-state index is 10.7. The van der Waals surface area contributed by atoms with Gasteiger partial charge in [-0.15, -0.1) is 0 Å². The molecule has 1 unspecified atom stereocenters. The Morgan fingerprint density at radius 3 is 2.82 bits per heavy atom. The molecule has 0 saturated heterocycles. The summed E-state index contributed by atoms with van der Waals surface area (Å²) in [7, 11) is 0. The van der Waals surface area contributed by atoms with Crippen LogP contribution < -0.4 is 4.74 Å². The van der Waals surface area contributed by atoms with Gasteiger partial charge in [0, 0.05) is 12.3 Å². The largest absolute Gasteiger partial charge is 0.491 e. The van der Waals surface area contributed by atoms with E-state index in [9.17, 15) is 15.0 Å². The van der Waals surface area contributed by atoms with Crippen LogP contribution in [0.25, 0.3) is 0 Å². The number of aliphatic hydroxyl groups is 2. The highest BCUT2D eigenvalue weighted by molar-refractivity contribution is 5.66. The molecule has 2 aliphatic carbocycles. The molecule has 5 nitrogen and oxygen atoms in total. The summed E-state index contributed by atoms with van der Waals surface area (Å²) in [6.07, 6.45) is 7.86. The lowest BCUT2D eigenvalue weighted by molar-refractivity contribution is -0.136. The third kappa shape index (κ3) is 4.65. The zero-order chi connectivity index (χ0) is 20.1. The fraction of sp³-hybridized carbons (Fsp3) is 0.522. The van der Waals surface area contributed by atoms with Crippen molar-refractivity contribution in [1.29, 1.82) is 0 Å². The minimum Gasteiger partial charge on any atom is -0.491 e. The second-order valence-electron chi connectivity index (χ2n) is 8.15. The molecule has 0 amide bonds. The van der Waals surface area contributed by atoms with Crippen LogP contribution in [0, 0.1) is 17.3 Å². The zero-order valence-electron chi connectivity index (χ0n) is 16.3. The van der Waals surface area contributed by atoms with Gasteiger partial charge >= 0.3 is 5.97 Å². The zero-order valence-corrected chi connectivity index (χ0v) is 16.3. The van der Waals surface area contributed by atoms with Crippen molar-refractivity contribution in [1.82, 2.24) is 0 Å². The van der Waals surface area contributed by atoms with Crippen LogP contribution in [-0.2, 0) is 4.79 Å². The number of carbonyl (C=O) groups is 1. The number of rotatable bonds is 8. The molecule has 2 aliphatic rings. The van der Waals surface area contributed by atoms with Crippen molar-refractivity contribution in [3.63, 3.8) is 0 Å². The van der Waals surface area contributed by atoms with Crippen molar-refractivity contribution >= 4 is 5.97 Å². The number of fused-ring (bicyclic) bond motifs is 1. The Balaban J connectivity index is 1.57. The SMILES string of the molecule is C[C@@]12CC[C@H](O)[C@@H](/C=C/C(O)COc3ccccc3)[C@@H]1CC2=CCCC(=O)O. The smallest absolute Gasteiger partial charge is 0.303 e. The summed E-state index contributed by atoms with van der Waals surface area (Å²) in [5.74, 6) is 0.271. The molecule has 28 heavy (non-hydrogen) atoms. The summed E-state index contributed by atoms with van der Waals surface area (Å²) >= 11 is 0. The summed E-state index contributed by atoms with van der Waals surface area (Å²) in [6, 6.07) is 9.37. The minimum atomic E-state index is -0.774. The average molecular weight is 386 g/mol. The molecular formula is C23H30O5. The molecule has 3 N–H and O–H groups in total. The van der Waals surface area contributed by atoms with Crippen LogP contribution in [-0.4, -0.2) is 40.1 Å². The number of hydrogen-bond donors (Lipinski definition) is 3. The van der Waals surface area contributed by atoms with E-state index in [4.69, 9.17) is 9.84 Å². The van der Waals surface area contributed by atoms with Crippen LogP contribution in [0.15, 0.2) is 54.1 Å². The number of hydrogen-bond acceptors (Lipinski definition) is 4. The van der Waals surface area contributed by atoms with E-state index < -0.39 is 18.2 Å². The summed E-state index contributed by atoms with van der Waals surface area (Å²) in [6.45, 7) is 2.39. The van der Waals surface area contributed by atoms with Gasteiger partial charge in [-0.2, -0.15) is 0 Å². The Bertz CT molecular complexity index is 726. The standard InChI is InChI=1S/C23H30O5/c1-23-13-12-21(25)19(20(23)14-16(23)6-5-9-22(26)27)11-10-17(24)15-28-18-7-3-2-4-8-18/h2-4,6-8,10-11,17,19-21,24-25H,5,9,12-15H2,1H3,(H,26,27)/b11-10+,16-6?/t17?,19-,20-,21-,23-/m0/s1. The topological polar surface area (TPSA) is 87.0 Å². The molecule has 1 aromatic rings. The van der Waals surface area contributed by atoms with Gasteiger partial charge in [0.2, 0.25) is 0 Å². The fourth-order valence-corrected chi connectivity index (χ4v) is 4.58. The monoisotopic (exact) mass is 386 g/mol. The van der Waals surface area contributed by atoms with Crippen LogP contribution in [0.3, 0.4) is 0 Å². The molecule has 0 heterocycles. The first kappa shape index (κ1) is 20.6. The molecule has 2 saturated carbocycles. The number of carboxylic acids is 1. The Hall–Kier alpha value is -2.11. The van der Waals surface area contributed by atoms with Crippen LogP contribution in [0.1, 0.15) is 39.0 Å². The van der Waals surface area contributed by atoms with Crippen LogP contribution in [0.2, 0.25) is 0 Å². The molecule has 0 bridgehead atoms. The second kappa shape index (κ2) is 8.93. The minimum absolute atomic E-state index is 0.00162. The Morgan fingerprint density at radius 2 is 2.11 bits per heavy atom. The Kier molecular flexibility index (Phi) is 6.57. The van der Waals surface area contributed by atoms with Gasteiger partial charge in [0.15, 0.2) is 0 Å². The number of carboxylic acid groups (broad SMARTS) is 1. The van der Waals surface area contributed by atoms with Crippen molar-refractivity contribution in [2.45, 2.75) is 51.2 Å². The highest BCUT2D eigenvalue weighted by Gasteiger charge is 2.53. The predicted octanol–water partition coefficient (Wildman–Crippen LogP) is 3.57. The fourth-order valence-electron chi connectivity index (χ4n) is 4.58. The second-order valence-corrected chi connectivity index (χ2v) is 8.15. The molecule has 5 atom stereocenters. The van der Waals surface area contributed by atoms with E-state index in [-0.39, 0.29) is 24.4 Å². The van der Waals surface area contributed by atoms with Crippen molar-refractivity contribution < 1.29 is 24.9 Å². The lowest BCUT2D eigenvalue weighted by Gasteiger charge is -2.57. The van der Waals surface area contributed by atoms with Gasteiger partial charge in [0.05, 0.1) is 6.10 Å². The molecular weight excluding hydrogens is 356 g/mol. The van der Waals surface area contributed by atoms with Gasteiger partial charge in [-0.1, -0.05) is 48.9 Å². The lowest BCUT2D eigenvalue weighted by atomic mass is 9.48. The van der Waals surface area contributed by atoms with E-state index in [1.54, 1.807) is 6.08 Å². The highest BCUT2D eigenvalue weighted by atomic mass is 16.5. The summed E-state index contributed by atoms with van der Waals surface area (Å²) in [5, 5.41) is 29.5. The Labute approximate surface area is 166 Å². The Morgan fingerprint density at radius 1 is 1.36 bits per heavy atom. The number of ether oxygens (including phenoxy) is 1. The first-order valence-corrected chi connectivity index (χ1v) is 10.0. The van der Waals surface area contributed by atoms with Crippen molar-refractivity contribution in [3.05, 3.63) is 54.1 Å². The molecule has 0 spiro atoms. The van der Waals surface area contributed by atoms with E-state index in [0.717, 1.165) is 25.0 Å². The van der Waals surface area contributed by atoms with Crippen LogP contribution >= 0.6 is 0 Å². The number of aliphatic carboxylic acids is 1. The third-order valence-electron chi connectivity index (χ3n) is 6.33. The first-order valence-electron chi connectivity index (χ1n) is 10.0. The molecule has 2 fully saturated rings. The first-order chi connectivity index (χ1) is 13.4. The summed E-state index contributed by atoms with van der Waals surface area (Å²) in [4.78, 5) is 10.7. The molecule has 1 aromatic carbocycles. The number of allylic oxidation sites excluding steroid dienone is 2. The highest BCUT2D eigenvalue weighted by Crippen LogP contribution is 2.61. The summed E-state index contributed by atoms with van der Waals surface area (Å²) < 4.78 is 5.58. The van der Waals surface area contributed by atoms with E-state index in [2.05, 4.69) is 13.0 Å². The average Bonchev–Trinajstić information content (AvgIpc) is 2.68. The number of benzene rings is 1. The molecule has 3 rings (SSSR count). The number of aliphatic hydroxyl groups excluding tert-OH is 2. The van der Waals surface area contributed by atoms with Gasteiger partial charge in [0.25, 0.3) is 0 Å². The molecule has 0 aromatic heterocycles. The molecule has 5 heteroatoms. The van der Waals surface area contributed by atoms with Crippen LogP contribution in [0.4, 0.5) is 0 Å². The molecule has 0 radical (unpaired) electrons. The maximum Gasteiger partial charge on any atom is 0.303 e. The van der Waals surface area contributed by atoms with Gasteiger partial charge in [-0.05, 0) is 49.1 Å². The van der Waals surface area contributed by atoms with Crippen molar-refractivity contribution in [2.75, 3.05) is 6.61 Å². The maximum absolute atomic E-state index is 10.7. The van der Waals surface area contributed by atoms with E-state index in [1.165, 1.54) is 5.57 Å². The van der Waals surface area contributed by atoms with Crippen molar-refractivity contribution in [2.24, 2.45) is 17.3 Å². The molecule has 152 valence electrons. The van der Waals surface area contributed by atoms with Gasteiger partial charge in [0.1, 0.15) is 18.5 Å². The quantitative estimate of drug-likeness (QED) is 0.595. The van der Waals surface area contributed by atoms with Gasteiger partial charge in [-0.3, -0.25) is 4.79 Å². The van der Waals surface area contributed by atoms with Crippen LogP contribution in [0.5, 0.6) is 5.75 Å². The normalized spacial score (nSPS) is 32.0. The number of para-hydroxylation sites is 1.